The number of nitrogens with one attached hydrogen (secondary N) is 1. The molecule has 1 aliphatic heterocycles. The Morgan fingerprint density at radius 1 is 1.17 bits per heavy atom. The van der Waals surface area contributed by atoms with Crippen LogP contribution in [-0.4, -0.2) is 63.8 Å². The van der Waals surface area contributed by atoms with Crippen molar-refractivity contribution in [2.45, 2.75) is 19.9 Å². The van der Waals surface area contributed by atoms with Gasteiger partial charge in [0.25, 0.3) is 5.69 Å². The molecule has 11 nitrogen and oxygen atoms in total. The molecule has 0 radical (unpaired) electrons. The van der Waals surface area contributed by atoms with Crippen LogP contribution in [0.25, 0.3) is 10.9 Å². The van der Waals surface area contributed by atoms with Gasteiger partial charge in [0.2, 0.25) is 11.8 Å². The van der Waals surface area contributed by atoms with Gasteiger partial charge in [-0.1, -0.05) is 29.3 Å². The molecule has 3 aromatic rings. The van der Waals surface area contributed by atoms with Crippen molar-refractivity contribution in [3.63, 3.8) is 0 Å². The van der Waals surface area contributed by atoms with E-state index in [9.17, 15) is 19.7 Å². The molecule has 2 amide bonds. The fourth-order valence-corrected chi connectivity index (χ4v) is 4.96. The molecular formula is C23H23Cl2N7O4. The molecular weight excluding hydrogens is 509 g/mol. The third-order valence-corrected chi connectivity index (χ3v) is 6.58. The maximum Gasteiger partial charge on any atom is 0.272 e. The van der Waals surface area contributed by atoms with Gasteiger partial charge >= 0.3 is 0 Å². The number of nitrogens with two attached hydrogens (primary N) is 1. The van der Waals surface area contributed by atoms with Crippen LogP contribution in [0.5, 0.6) is 0 Å². The van der Waals surface area contributed by atoms with Crippen molar-refractivity contribution in [2.75, 3.05) is 36.4 Å². The molecule has 3 N–H and O–H groups in total. The van der Waals surface area contributed by atoms with E-state index >= 15 is 0 Å². The van der Waals surface area contributed by atoms with Gasteiger partial charge in [-0.05, 0) is 31.0 Å². The average molecular weight is 532 g/mol. The number of carbonyl (C=O) groups excluding carboxylic acids is 2. The number of halogens is 2. The van der Waals surface area contributed by atoms with Gasteiger partial charge in [0.05, 0.1) is 32.7 Å². The quantitative estimate of drug-likeness (QED) is 0.364. The van der Waals surface area contributed by atoms with Gasteiger partial charge in [-0.3, -0.25) is 24.6 Å². The van der Waals surface area contributed by atoms with E-state index in [1.54, 1.807) is 4.90 Å². The minimum Gasteiger partial charge on any atom is -0.368 e. The normalized spacial score (nSPS) is 16.2. The first-order chi connectivity index (χ1) is 17.0. The Hall–Kier alpha value is -3.54. The summed E-state index contributed by atoms with van der Waals surface area (Å²) in [7, 11) is 0. The molecule has 13 heteroatoms. The van der Waals surface area contributed by atoms with Gasteiger partial charge in [-0.15, -0.1) is 0 Å². The highest BCUT2D eigenvalue weighted by atomic mass is 35.5. The van der Waals surface area contributed by atoms with E-state index in [0.717, 1.165) is 34.2 Å². The van der Waals surface area contributed by atoms with Crippen molar-refractivity contribution in [3.05, 3.63) is 61.9 Å². The highest BCUT2D eigenvalue weighted by Gasteiger charge is 2.34. The second-order valence-electron chi connectivity index (χ2n) is 8.61. The highest BCUT2D eigenvalue weighted by molar-refractivity contribution is 6.40. The molecule has 188 valence electrons. The summed E-state index contributed by atoms with van der Waals surface area (Å²) < 4.78 is 0. The van der Waals surface area contributed by atoms with Gasteiger partial charge in [-0.2, -0.15) is 0 Å². The predicted octanol–water partition coefficient (Wildman–Crippen LogP) is 3.08. The molecule has 2 heterocycles. The molecule has 2 aromatic carbocycles. The summed E-state index contributed by atoms with van der Waals surface area (Å²) >= 11 is 12.2. The van der Waals surface area contributed by atoms with Crippen LogP contribution < -0.4 is 16.0 Å². The van der Waals surface area contributed by atoms with Crippen molar-refractivity contribution < 1.29 is 14.5 Å². The van der Waals surface area contributed by atoms with Gasteiger partial charge in [0, 0.05) is 37.2 Å². The first kappa shape index (κ1) is 25.5. The van der Waals surface area contributed by atoms with Crippen molar-refractivity contribution >= 4 is 63.1 Å². The number of aromatic nitrogens is 2. The molecule has 1 unspecified atom stereocenters. The lowest BCUT2D eigenvalue weighted by Gasteiger charge is -2.40. The van der Waals surface area contributed by atoms with E-state index in [1.807, 2.05) is 30.9 Å². The number of fused-ring (bicyclic) bond motifs is 1. The number of anilines is 2. The van der Waals surface area contributed by atoms with Crippen LogP contribution in [0.2, 0.25) is 10.0 Å². The number of hydrogen-bond donors (Lipinski definition) is 2. The summed E-state index contributed by atoms with van der Waals surface area (Å²) in [5.74, 6) is -0.370. The van der Waals surface area contributed by atoms with Gasteiger partial charge in [-0.25, -0.2) is 9.97 Å². The highest BCUT2D eigenvalue weighted by Crippen LogP contribution is 2.35. The number of rotatable bonds is 6. The Morgan fingerprint density at radius 3 is 2.50 bits per heavy atom. The maximum atomic E-state index is 12.7. The lowest BCUT2D eigenvalue weighted by molar-refractivity contribution is -0.384. The van der Waals surface area contributed by atoms with E-state index in [4.69, 9.17) is 28.9 Å². The van der Waals surface area contributed by atoms with E-state index in [0.29, 0.717) is 18.9 Å². The van der Waals surface area contributed by atoms with Gasteiger partial charge in [0.1, 0.15) is 18.2 Å². The molecule has 0 aliphatic carbocycles. The summed E-state index contributed by atoms with van der Waals surface area (Å²) in [5, 5.41) is 14.3. The van der Waals surface area contributed by atoms with Crippen LogP contribution in [0.3, 0.4) is 0 Å². The van der Waals surface area contributed by atoms with Crippen molar-refractivity contribution in [3.8, 4) is 0 Å². The number of amides is 2. The first-order valence-corrected chi connectivity index (χ1v) is 11.7. The second kappa shape index (κ2) is 10.2. The average Bonchev–Trinajstić information content (AvgIpc) is 2.81. The number of hydrogen-bond acceptors (Lipinski definition) is 8. The van der Waals surface area contributed by atoms with Crippen LogP contribution in [-0.2, 0) is 9.59 Å². The van der Waals surface area contributed by atoms with Crippen LogP contribution in [0, 0.1) is 24.0 Å². The number of benzene rings is 2. The topological polar surface area (TPSA) is 148 Å². The molecule has 4 rings (SSSR count). The number of aryl methyl sites for hydroxylation is 2. The molecule has 1 aromatic heterocycles. The summed E-state index contributed by atoms with van der Waals surface area (Å²) in [6.07, 6.45) is 1.47. The molecule has 0 saturated carbocycles. The second-order valence-corrected chi connectivity index (χ2v) is 9.43. The summed E-state index contributed by atoms with van der Waals surface area (Å²) in [6, 6.07) is 5.51. The summed E-state index contributed by atoms with van der Waals surface area (Å²) in [6.45, 7) is 4.94. The molecule has 1 atom stereocenters. The number of primary amides is 1. The molecule has 1 fully saturated rings. The van der Waals surface area contributed by atoms with Crippen molar-refractivity contribution in [2.24, 2.45) is 5.73 Å². The molecule has 0 bridgehead atoms. The molecule has 1 aliphatic rings. The minimum atomic E-state index is -0.725. The third-order valence-electron chi connectivity index (χ3n) is 5.99. The van der Waals surface area contributed by atoms with Crippen LogP contribution in [0.15, 0.2) is 30.6 Å². The van der Waals surface area contributed by atoms with E-state index < -0.39 is 22.8 Å². The van der Waals surface area contributed by atoms with Crippen LogP contribution >= 0.6 is 23.2 Å². The fourth-order valence-electron chi connectivity index (χ4n) is 4.39. The number of non-ortho nitro benzene ring substituents is 1. The Balaban J connectivity index is 1.51. The van der Waals surface area contributed by atoms with Gasteiger partial charge in [0.15, 0.2) is 0 Å². The zero-order valence-electron chi connectivity index (χ0n) is 19.5. The fraction of sp³-hybridized carbons (Fsp3) is 0.304. The Morgan fingerprint density at radius 2 is 1.86 bits per heavy atom. The Bertz CT molecular complexity index is 1360. The molecule has 0 spiro atoms. The lowest BCUT2D eigenvalue weighted by atomic mass is 10.1. The van der Waals surface area contributed by atoms with Crippen molar-refractivity contribution in [1.82, 2.24) is 14.9 Å². The number of carbonyl (C=O) groups is 2. The largest absolute Gasteiger partial charge is 0.368 e. The zero-order valence-corrected chi connectivity index (χ0v) is 21.0. The smallest absolute Gasteiger partial charge is 0.272 e. The van der Waals surface area contributed by atoms with E-state index in [2.05, 4.69) is 15.3 Å². The van der Waals surface area contributed by atoms with E-state index in [-0.39, 0.29) is 34.5 Å². The summed E-state index contributed by atoms with van der Waals surface area (Å²) in [5.41, 5.74) is 8.40. The molecule has 36 heavy (non-hydrogen) atoms. The van der Waals surface area contributed by atoms with Crippen LogP contribution in [0.4, 0.5) is 17.2 Å². The number of piperazine rings is 1. The standard InChI is InChI=1S/C23H23Cl2N7O4/c1-12-5-13(2)20-15(6-12)23(28-11-27-20)31-4-3-30(9-18(31)22(26)34)10-19(33)29-21-16(24)7-14(32(35)36)8-17(21)25/h5-8,11,18H,3-4,9-10H2,1-2H3,(H2,26,34)(H,29,33). The van der Waals surface area contributed by atoms with Gasteiger partial charge < -0.3 is 16.0 Å². The van der Waals surface area contributed by atoms with Crippen molar-refractivity contribution in [1.29, 1.82) is 0 Å². The maximum absolute atomic E-state index is 12.7. The van der Waals surface area contributed by atoms with Crippen LogP contribution in [0.1, 0.15) is 11.1 Å². The SMILES string of the molecule is Cc1cc(C)c2ncnc(N3CCN(CC(=O)Nc4c(Cl)cc([N+](=O)[O-])cc4Cl)CC3C(N)=O)c2c1. The van der Waals surface area contributed by atoms with E-state index in [1.165, 1.54) is 6.33 Å². The lowest BCUT2D eigenvalue weighted by Crippen LogP contribution is -2.59. The number of nitro groups is 1. The minimum absolute atomic E-state index is 0.0522. The summed E-state index contributed by atoms with van der Waals surface area (Å²) in [4.78, 5) is 48.0. The monoisotopic (exact) mass is 531 g/mol. The zero-order chi connectivity index (χ0) is 26.1. The Labute approximate surface area is 216 Å². The Kier molecular flexibility index (Phi) is 7.25. The predicted molar refractivity (Wildman–Crippen MR) is 138 cm³/mol. The third kappa shape index (κ3) is 5.18. The number of nitro benzene ring substituents is 1. The first-order valence-electron chi connectivity index (χ1n) is 11.0. The molecule has 1 saturated heterocycles. The number of nitrogens with zero attached hydrogens (tertiary/aromatic N) is 5.